The topological polar surface area (TPSA) is 52.6 Å². The highest BCUT2D eigenvalue weighted by molar-refractivity contribution is 5.78. The van der Waals surface area contributed by atoms with Gasteiger partial charge in [-0.15, -0.1) is 0 Å². The third kappa shape index (κ3) is 4.18. The number of carbonyl (C=O) groups excluding carboxylic acids is 1. The molecule has 0 atom stereocenters. The molecule has 1 heterocycles. The zero-order chi connectivity index (χ0) is 13.8. The van der Waals surface area contributed by atoms with E-state index in [0.717, 1.165) is 51.6 Å². The number of amides is 1. The van der Waals surface area contributed by atoms with Gasteiger partial charge in [-0.2, -0.15) is 0 Å². The zero-order valence-corrected chi connectivity index (χ0v) is 12.3. The molecule has 1 amide bonds. The normalized spacial score (nSPS) is 29.8. The van der Waals surface area contributed by atoms with Gasteiger partial charge in [0.1, 0.15) is 0 Å². The second-order valence-corrected chi connectivity index (χ2v) is 6.43. The lowest BCUT2D eigenvalue weighted by molar-refractivity contribution is -0.135. The van der Waals surface area contributed by atoms with Crippen LogP contribution in [0.4, 0.5) is 0 Å². The highest BCUT2D eigenvalue weighted by atomic mass is 16.3. The second kappa shape index (κ2) is 6.71. The van der Waals surface area contributed by atoms with Gasteiger partial charge in [0.25, 0.3) is 0 Å². The summed E-state index contributed by atoms with van der Waals surface area (Å²) in [7, 11) is 0. The maximum atomic E-state index is 11.9. The molecule has 110 valence electrons. The van der Waals surface area contributed by atoms with E-state index < -0.39 is 0 Å². The fraction of sp³-hybridized carbons (Fsp3) is 0.933. The van der Waals surface area contributed by atoms with Gasteiger partial charge in [0.15, 0.2) is 0 Å². The summed E-state index contributed by atoms with van der Waals surface area (Å²) in [6.45, 7) is 5.73. The summed E-state index contributed by atoms with van der Waals surface area (Å²) in [5.41, 5.74) is 0. The Bertz CT molecular complexity index is 291. The van der Waals surface area contributed by atoms with Gasteiger partial charge >= 0.3 is 0 Å². The number of hydrogen-bond donors (Lipinski definition) is 2. The van der Waals surface area contributed by atoms with Crippen molar-refractivity contribution < 1.29 is 9.90 Å². The van der Waals surface area contributed by atoms with E-state index in [1.807, 2.05) is 18.7 Å². The number of piperidine rings is 1. The van der Waals surface area contributed by atoms with Crippen molar-refractivity contribution in [1.82, 2.24) is 10.2 Å². The fourth-order valence-corrected chi connectivity index (χ4v) is 3.21. The van der Waals surface area contributed by atoms with Crippen LogP contribution in [0.3, 0.4) is 0 Å². The van der Waals surface area contributed by atoms with Gasteiger partial charge in [0.2, 0.25) is 5.91 Å². The van der Waals surface area contributed by atoms with Crippen molar-refractivity contribution in [3.63, 3.8) is 0 Å². The molecule has 1 saturated carbocycles. The van der Waals surface area contributed by atoms with E-state index in [1.165, 1.54) is 0 Å². The molecule has 2 N–H and O–H groups in total. The molecule has 0 aromatic rings. The first kappa shape index (κ1) is 14.8. The Morgan fingerprint density at radius 3 is 2.11 bits per heavy atom. The van der Waals surface area contributed by atoms with Crippen molar-refractivity contribution in [2.75, 3.05) is 13.1 Å². The predicted octanol–water partition coefficient (Wildman–Crippen LogP) is 1.53. The number of nitrogens with one attached hydrogen (secondary N) is 1. The molecule has 0 spiro atoms. The average molecular weight is 268 g/mol. The van der Waals surface area contributed by atoms with Gasteiger partial charge in [-0.25, -0.2) is 0 Å². The maximum Gasteiger partial charge on any atom is 0.225 e. The van der Waals surface area contributed by atoms with Gasteiger partial charge in [0, 0.05) is 31.1 Å². The molecule has 2 fully saturated rings. The summed E-state index contributed by atoms with van der Waals surface area (Å²) in [5.74, 6) is 0.406. The second-order valence-electron chi connectivity index (χ2n) is 6.43. The summed E-state index contributed by atoms with van der Waals surface area (Å²) >= 11 is 0. The molecule has 1 aliphatic heterocycles. The lowest BCUT2D eigenvalue weighted by Crippen LogP contribution is -2.49. The van der Waals surface area contributed by atoms with Crippen LogP contribution in [0, 0.1) is 5.92 Å². The highest BCUT2D eigenvalue weighted by Gasteiger charge is 2.27. The van der Waals surface area contributed by atoms with E-state index in [-0.39, 0.29) is 12.0 Å². The number of rotatable bonds is 3. The molecule has 19 heavy (non-hydrogen) atoms. The quantitative estimate of drug-likeness (QED) is 0.816. The zero-order valence-electron chi connectivity index (χ0n) is 12.3. The molecule has 0 radical (unpaired) electrons. The first-order valence-electron chi connectivity index (χ1n) is 7.79. The summed E-state index contributed by atoms with van der Waals surface area (Å²) < 4.78 is 0. The molecule has 4 heteroatoms. The van der Waals surface area contributed by atoms with Crippen LogP contribution in [0.15, 0.2) is 0 Å². The van der Waals surface area contributed by atoms with Crippen LogP contribution in [0.25, 0.3) is 0 Å². The van der Waals surface area contributed by atoms with Gasteiger partial charge in [0.05, 0.1) is 6.10 Å². The fourth-order valence-electron chi connectivity index (χ4n) is 3.21. The van der Waals surface area contributed by atoms with Gasteiger partial charge in [-0.1, -0.05) is 13.8 Å². The molecule has 2 rings (SSSR count). The van der Waals surface area contributed by atoms with Crippen LogP contribution < -0.4 is 5.32 Å². The summed E-state index contributed by atoms with van der Waals surface area (Å²) in [6.07, 6.45) is 6.10. The van der Waals surface area contributed by atoms with Crippen molar-refractivity contribution in [1.29, 1.82) is 0 Å². The van der Waals surface area contributed by atoms with E-state index in [0.29, 0.717) is 18.0 Å². The number of hydrogen-bond acceptors (Lipinski definition) is 3. The molecular weight excluding hydrogens is 240 g/mol. The van der Waals surface area contributed by atoms with E-state index >= 15 is 0 Å². The average Bonchev–Trinajstić information content (AvgIpc) is 2.41. The van der Waals surface area contributed by atoms with Crippen LogP contribution in [-0.2, 0) is 4.79 Å². The van der Waals surface area contributed by atoms with E-state index in [9.17, 15) is 9.90 Å². The Morgan fingerprint density at radius 2 is 1.58 bits per heavy atom. The first-order chi connectivity index (χ1) is 9.06. The van der Waals surface area contributed by atoms with E-state index in [2.05, 4.69) is 5.32 Å². The first-order valence-corrected chi connectivity index (χ1v) is 7.79. The van der Waals surface area contributed by atoms with Crippen LogP contribution in [0.1, 0.15) is 52.4 Å². The van der Waals surface area contributed by atoms with Crippen molar-refractivity contribution >= 4 is 5.91 Å². The number of aliphatic hydroxyl groups is 1. The molecule has 1 saturated heterocycles. The molecule has 4 nitrogen and oxygen atoms in total. The van der Waals surface area contributed by atoms with E-state index in [1.54, 1.807) is 0 Å². The molecule has 0 aromatic carbocycles. The summed E-state index contributed by atoms with van der Waals surface area (Å²) in [5, 5.41) is 13.2. The number of aliphatic hydroxyl groups excluding tert-OH is 1. The van der Waals surface area contributed by atoms with Crippen molar-refractivity contribution in [3.05, 3.63) is 0 Å². The lowest BCUT2D eigenvalue weighted by atomic mass is 9.91. The number of carbonyl (C=O) groups is 1. The predicted molar refractivity (Wildman–Crippen MR) is 75.8 cm³/mol. The summed E-state index contributed by atoms with van der Waals surface area (Å²) in [6, 6.07) is 1.12. The number of nitrogens with zero attached hydrogens (tertiary/aromatic N) is 1. The van der Waals surface area contributed by atoms with Gasteiger partial charge in [-0.05, 0) is 38.5 Å². The Balaban J connectivity index is 1.70. The Hall–Kier alpha value is -0.610. The monoisotopic (exact) mass is 268 g/mol. The summed E-state index contributed by atoms with van der Waals surface area (Å²) in [4.78, 5) is 13.9. The van der Waals surface area contributed by atoms with Gasteiger partial charge < -0.3 is 15.3 Å². The van der Waals surface area contributed by atoms with Gasteiger partial charge in [-0.3, -0.25) is 4.79 Å². The van der Waals surface area contributed by atoms with Crippen LogP contribution in [0.5, 0.6) is 0 Å². The molecule has 1 aliphatic carbocycles. The van der Waals surface area contributed by atoms with Crippen LogP contribution in [0.2, 0.25) is 0 Å². The van der Waals surface area contributed by atoms with E-state index in [4.69, 9.17) is 0 Å². The minimum Gasteiger partial charge on any atom is -0.393 e. The van der Waals surface area contributed by atoms with Crippen molar-refractivity contribution in [2.24, 2.45) is 5.92 Å². The molecule has 0 aromatic heterocycles. The minimum atomic E-state index is -0.0800. The molecular formula is C15H28N2O2. The standard InChI is InChI=1S/C15H28N2O2/c1-11(2)15(19)17-9-7-13(8-10-17)16-12-3-5-14(18)6-4-12/h11-14,16,18H,3-10H2,1-2H3. The Labute approximate surface area is 116 Å². The lowest BCUT2D eigenvalue weighted by Gasteiger charge is -2.36. The van der Waals surface area contributed by atoms with Crippen LogP contribution in [-0.4, -0.2) is 47.2 Å². The minimum absolute atomic E-state index is 0.0800. The molecule has 0 unspecified atom stereocenters. The van der Waals surface area contributed by atoms with Crippen molar-refractivity contribution in [3.8, 4) is 0 Å². The SMILES string of the molecule is CC(C)C(=O)N1CCC(NC2CCC(O)CC2)CC1. The third-order valence-electron chi connectivity index (χ3n) is 4.47. The van der Waals surface area contributed by atoms with Crippen molar-refractivity contribution in [2.45, 2.75) is 70.6 Å². The molecule has 0 bridgehead atoms. The number of likely N-dealkylation sites (tertiary alicyclic amines) is 1. The maximum absolute atomic E-state index is 11.9. The Kier molecular flexibility index (Phi) is 5.22. The third-order valence-corrected chi connectivity index (χ3v) is 4.47. The molecule has 2 aliphatic rings. The van der Waals surface area contributed by atoms with Crippen LogP contribution >= 0.6 is 0 Å². The largest absolute Gasteiger partial charge is 0.393 e. The highest BCUT2D eigenvalue weighted by Crippen LogP contribution is 2.21. The Morgan fingerprint density at radius 1 is 1.05 bits per heavy atom. The smallest absolute Gasteiger partial charge is 0.225 e.